The molecule has 4 rings (SSSR count). The minimum Gasteiger partial charge on any atom is -0.448 e. The molecule has 0 saturated heterocycles. The van der Waals surface area contributed by atoms with Crippen LogP contribution in [0.3, 0.4) is 0 Å². The minimum atomic E-state index is -0.182. The Balaban J connectivity index is 2.14. The van der Waals surface area contributed by atoms with E-state index in [0.29, 0.717) is 22.6 Å². The Bertz CT molecular complexity index is 1150. The van der Waals surface area contributed by atoms with E-state index in [-0.39, 0.29) is 5.56 Å². The molecule has 5 heteroatoms. The highest BCUT2D eigenvalue weighted by molar-refractivity contribution is 6.02. The number of furan rings is 1. The standard InChI is InChI=1S/C21H21N3O2/c1-4-23(5-2)21-22-18-16-11-6-7-12-17(16)26-19(18)20(25)24(21)15-10-8-9-14(3)13-15/h6-13H,4-5H2,1-3H3. The second-order valence-corrected chi connectivity index (χ2v) is 6.34. The van der Waals surface area contributed by atoms with Crippen molar-refractivity contribution >= 4 is 28.0 Å². The molecule has 2 aromatic carbocycles. The highest BCUT2D eigenvalue weighted by Crippen LogP contribution is 2.28. The Kier molecular flexibility index (Phi) is 3.99. The van der Waals surface area contributed by atoms with Crippen molar-refractivity contribution in [1.29, 1.82) is 0 Å². The number of hydrogen-bond acceptors (Lipinski definition) is 4. The van der Waals surface area contributed by atoms with Crippen molar-refractivity contribution in [3.05, 3.63) is 64.4 Å². The molecule has 0 unspecified atom stereocenters. The maximum Gasteiger partial charge on any atom is 0.303 e. The summed E-state index contributed by atoms with van der Waals surface area (Å²) < 4.78 is 7.52. The van der Waals surface area contributed by atoms with Crippen LogP contribution in [0.5, 0.6) is 0 Å². The average Bonchev–Trinajstić information content (AvgIpc) is 3.02. The first kappa shape index (κ1) is 16.4. The van der Waals surface area contributed by atoms with E-state index in [0.717, 1.165) is 29.7 Å². The van der Waals surface area contributed by atoms with Crippen molar-refractivity contribution in [3.8, 4) is 5.69 Å². The zero-order chi connectivity index (χ0) is 18.3. The smallest absolute Gasteiger partial charge is 0.303 e. The fraction of sp³-hybridized carbons (Fsp3) is 0.238. The Hall–Kier alpha value is -3.08. The lowest BCUT2D eigenvalue weighted by molar-refractivity contribution is 0.654. The van der Waals surface area contributed by atoms with Crippen LogP contribution in [0.1, 0.15) is 19.4 Å². The van der Waals surface area contributed by atoms with Gasteiger partial charge in [0.2, 0.25) is 11.5 Å². The average molecular weight is 347 g/mol. The summed E-state index contributed by atoms with van der Waals surface area (Å²) in [5.41, 5.74) is 3.30. The van der Waals surface area contributed by atoms with Crippen LogP contribution in [-0.2, 0) is 0 Å². The number of aromatic nitrogens is 2. The van der Waals surface area contributed by atoms with Gasteiger partial charge in [-0.2, -0.15) is 0 Å². The Morgan fingerprint density at radius 1 is 1.08 bits per heavy atom. The SMILES string of the molecule is CCN(CC)c1nc2c(oc3ccccc32)c(=O)n1-c1cccc(C)c1. The molecule has 26 heavy (non-hydrogen) atoms. The van der Waals surface area contributed by atoms with Crippen molar-refractivity contribution in [1.82, 2.24) is 9.55 Å². The summed E-state index contributed by atoms with van der Waals surface area (Å²) in [6.45, 7) is 7.66. The van der Waals surface area contributed by atoms with Crippen LogP contribution in [0.15, 0.2) is 57.7 Å². The van der Waals surface area contributed by atoms with E-state index in [1.807, 2.05) is 55.5 Å². The van der Waals surface area contributed by atoms with Gasteiger partial charge >= 0.3 is 5.56 Å². The fourth-order valence-electron chi connectivity index (χ4n) is 3.35. The normalized spacial score (nSPS) is 11.3. The van der Waals surface area contributed by atoms with E-state index in [2.05, 4.69) is 18.7 Å². The molecule has 5 nitrogen and oxygen atoms in total. The van der Waals surface area contributed by atoms with Gasteiger partial charge in [-0.25, -0.2) is 9.55 Å². The largest absolute Gasteiger partial charge is 0.448 e. The summed E-state index contributed by atoms with van der Waals surface area (Å²) in [7, 11) is 0. The van der Waals surface area contributed by atoms with Crippen LogP contribution in [0.4, 0.5) is 5.95 Å². The number of anilines is 1. The summed E-state index contributed by atoms with van der Waals surface area (Å²) in [5, 5.41) is 0.865. The van der Waals surface area contributed by atoms with Crippen LogP contribution in [0, 0.1) is 6.92 Å². The molecule has 0 atom stereocenters. The Labute approximate surface area is 151 Å². The quantitative estimate of drug-likeness (QED) is 0.553. The number of para-hydroxylation sites is 1. The molecule has 0 fully saturated rings. The van der Waals surface area contributed by atoms with Gasteiger partial charge < -0.3 is 9.32 Å². The molecule has 2 aromatic heterocycles. The predicted octanol–water partition coefficient (Wildman–Crippen LogP) is 4.29. The van der Waals surface area contributed by atoms with E-state index in [4.69, 9.17) is 9.40 Å². The molecule has 0 bridgehead atoms. The van der Waals surface area contributed by atoms with Crippen LogP contribution in [0.25, 0.3) is 27.8 Å². The van der Waals surface area contributed by atoms with Gasteiger partial charge in [-0.05, 0) is 50.6 Å². The lowest BCUT2D eigenvalue weighted by Gasteiger charge is -2.23. The number of aryl methyl sites for hydroxylation is 1. The maximum absolute atomic E-state index is 13.4. The molecule has 0 spiro atoms. The highest BCUT2D eigenvalue weighted by Gasteiger charge is 2.21. The van der Waals surface area contributed by atoms with E-state index in [1.165, 1.54) is 0 Å². The number of hydrogen-bond donors (Lipinski definition) is 0. The second kappa shape index (κ2) is 6.33. The first-order valence-electron chi connectivity index (χ1n) is 8.90. The van der Waals surface area contributed by atoms with Gasteiger partial charge in [0.05, 0.1) is 5.69 Å². The number of fused-ring (bicyclic) bond motifs is 3. The first-order chi connectivity index (χ1) is 12.6. The number of benzene rings is 2. The molecule has 0 radical (unpaired) electrons. The summed E-state index contributed by atoms with van der Waals surface area (Å²) in [6.07, 6.45) is 0. The molecule has 4 aromatic rings. The predicted molar refractivity (Wildman–Crippen MR) is 105 cm³/mol. The monoisotopic (exact) mass is 347 g/mol. The molecule has 0 aliphatic heterocycles. The summed E-state index contributed by atoms with van der Waals surface area (Å²) >= 11 is 0. The fourth-order valence-corrected chi connectivity index (χ4v) is 3.35. The summed E-state index contributed by atoms with van der Waals surface area (Å²) in [4.78, 5) is 20.3. The van der Waals surface area contributed by atoms with Gasteiger partial charge in [0.1, 0.15) is 11.1 Å². The molecule has 0 aliphatic carbocycles. The van der Waals surface area contributed by atoms with Gasteiger partial charge in [0, 0.05) is 18.5 Å². The highest BCUT2D eigenvalue weighted by atomic mass is 16.3. The summed E-state index contributed by atoms with van der Waals surface area (Å²) in [5.74, 6) is 0.643. The van der Waals surface area contributed by atoms with Crippen molar-refractivity contribution in [3.63, 3.8) is 0 Å². The zero-order valence-electron chi connectivity index (χ0n) is 15.2. The van der Waals surface area contributed by atoms with Crippen molar-refractivity contribution in [2.45, 2.75) is 20.8 Å². The van der Waals surface area contributed by atoms with Gasteiger partial charge in [0.25, 0.3) is 0 Å². The molecule has 0 amide bonds. The molecular formula is C21H21N3O2. The van der Waals surface area contributed by atoms with Crippen molar-refractivity contribution in [2.24, 2.45) is 0 Å². The van der Waals surface area contributed by atoms with Crippen LogP contribution < -0.4 is 10.5 Å². The minimum absolute atomic E-state index is 0.182. The third-order valence-corrected chi connectivity index (χ3v) is 4.68. The first-order valence-corrected chi connectivity index (χ1v) is 8.90. The second-order valence-electron chi connectivity index (χ2n) is 6.34. The van der Waals surface area contributed by atoms with Crippen LogP contribution >= 0.6 is 0 Å². The van der Waals surface area contributed by atoms with Crippen molar-refractivity contribution in [2.75, 3.05) is 18.0 Å². The van der Waals surface area contributed by atoms with Crippen LogP contribution in [-0.4, -0.2) is 22.6 Å². The van der Waals surface area contributed by atoms with E-state index >= 15 is 0 Å². The maximum atomic E-state index is 13.4. The molecule has 0 aliphatic rings. The summed E-state index contributed by atoms with van der Waals surface area (Å²) in [6, 6.07) is 15.5. The number of nitrogens with zero attached hydrogens (tertiary/aromatic N) is 3. The Morgan fingerprint density at radius 2 is 1.85 bits per heavy atom. The molecular weight excluding hydrogens is 326 g/mol. The van der Waals surface area contributed by atoms with Gasteiger partial charge in [-0.1, -0.05) is 24.3 Å². The molecule has 0 saturated carbocycles. The lowest BCUT2D eigenvalue weighted by atomic mass is 10.2. The van der Waals surface area contributed by atoms with Crippen LogP contribution in [0.2, 0.25) is 0 Å². The van der Waals surface area contributed by atoms with E-state index in [1.54, 1.807) is 4.57 Å². The van der Waals surface area contributed by atoms with Gasteiger partial charge in [0.15, 0.2) is 0 Å². The van der Waals surface area contributed by atoms with Crippen molar-refractivity contribution < 1.29 is 4.42 Å². The van der Waals surface area contributed by atoms with E-state index < -0.39 is 0 Å². The number of rotatable bonds is 4. The zero-order valence-corrected chi connectivity index (χ0v) is 15.2. The topological polar surface area (TPSA) is 51.3 Å². The lowest BCUT2D eigenvalue weighted by Crippen LogP contribution is -2.32. The Morgan fingerprint density at radius 3 is 2.58 bits per heavy atom. The molecule has 2 heterocycles. The van der Waals surface area contributed by atoms with Gasteiger partial charge in [-0.15, -0.1) is 0 Å². The molecule has 0 N–H and O–H groups in total. The molecule has 132 valence electrons. The third-order valence-electron chi connectivity index (χ3n) is 4.68. The third kappa shape index (κ3) is 2.47. The van der Waals surface area contributed by atoms with E-state index in [9.17, 15) is 4.79 Å². The van der Waals surface area contributed by atoms with Gasteiger partial charge in [-0.3, -0.25) is 4.79 Å².